The molecule has 2 aromatic rings. The number of hydrogen-bond acceptors (Lipinski definition) is 5. The summed E-state index contributed by atoms with van der Waals surface area (Å²) >= 11 is 0. The van der Waals surface area contributed by atoms with Gasteiger partial charge in [-0.05, 0) is 37.6 Å². The van der Waals surface area contributed by atoms with E-state index in [-0.39, 0.29) is 17.9 Å². The second-order valence-electron chi connectivity index (χ2n) is 4.58. The predicted molar refractivity (Wildman–Crippen MR) is 77.8 cm³/mol. The van der Waals surface area contributed by atoms with E-state index in [0.717, 1.165) is 5.56 Å². The molecule has 0 aliphatic carbocycles. The van der Waals surface area contributed by atoms with Crippen molar-refractivity contribution in [3.63, 3.8) is 0 Å². The summed E-state index contributed by atoms with van der Waals surface area (Å²) in [5.41, 5.74) is 0.926. The number of rotatable bonds is 4. The highest BCUT2D eigenvalue weighted by molar-refractivity contribution is 6.02. The Hall–Kier alpha value is -2.63. The zero-order chi connectivity index (χ0) is 15.1. The van der Waals surface area contributed by atoms with Crippen LogP contribution in [0.15, 0.2) is 52.3 Å². The van der Waals surface area contributed by atoms with Gasteiger partial charge in [-0.1, -0.05) is 6.07 Å². The van der Waals surface area contributed by atoms with E-state index in [1.165, 1.54) is 6.26 Å². The summed E-state index contributed by atoms with van der Waals surface area (Å²) in [6.45, 7) is 4.09. The standard InChI is InChI=1S/C15H17N3O3/c1-11(2)21-15(17-10-12-5-3-7-16-9-12)18-14(19)13-6-4-8-20-13/h3-9,11H,10H2,1-2H3,(H,17,18,19). The monoisotopic (exact) mass is 287 g/mol. The zero-order valence-corrected chi connectivity index (χ0v) is 11.9. The van der Waals surface area contributed by atoms with E-state index in [4.69, 9.17) is 9.15 Å². The maximum atomic E-state index is 11.9. The summed E-state index contributed by atoms with van der Waals surface area (Å²) in [4.78, 5) is 20.2. The molecule has 6 nitrogen and oxygen atoms in total. The van der Waals surface area contributed by atoms with E-state index in [0.29, 0.717) is 6.54 Å². The third-order valence-electron chi connectivity index (χ3n) is 2.44. The summed E-state index contributed by atoms with van der Waals surface area (Å²) in [5, 5.41) is 2.60. The summed E-state index contributed by atoms with van der Waals surface area (Å²) in [7, 11) is 0. The van der Waals surface area contributed by atoms with Crippen molar-refractivity contribution >= 4 is 11.9 Å². The van der Waals surface area contributed by atoms with E-state index < -0.39 is 5.91 Å². The number of pyridine rings is 1. The van der Waals surface area contributed by atoms with Crippen molar-refractivity contribution in [2.75, 3.05) is 0 Å². The quantitative estimate of drug-likeness (QED) is 0.692. The van der Waals surface area contributed by atoms with Crippen molar-refractivity contribution in [3.05, 3.63) is 54.2 Å². The molecule has 2 heterocycles. The summed E-state index contributed by atoms with van der Waals surface area (Å²) in [6.07, 6.45) is 4.74. The van der Waals surface area contributed by atoms with E-state index in [2.05, 4.69) is 15.3 Å². The van der Waals surface area contributed by atoms with Gasteiger partial charge < -0.3 is 9.15 Å². The molecule has 0 saturated carbocycles. The van der Waals surface area contributed by atoms with E-state index in [1.807, 2.05) is 26.0 Å². The highest BCUT2D eigenvalue weighted by Gasteiger charge is 2.13. The van der Waals surface area contributed by atoms with Crippen LogP contribution in [0.1, 0.15) is 30.0 Å². The second-order valence-corrected chi connectivity index (χ2v) is 4.58. The lowest BCUT2D eigenvalue weighted by atomic mass is 10.3. The molecule has 0 aromatic carbocycles. The van der Waals surface area contributed by atoms with Gasteiger partial charge in [0.1, 0.15) is 0 Å². The number of nitrogens with zero attached hydrogens (tertiary/aromatic N) is 2. The van der Waals surface area contributed by atoms with Crippen LogP contribution in [0, 0.1) is 0 Å². The van der Waals surface area contributed by atoms with Crippen molar-refractivity contribution in [1.29, 1.82) is 0 Å². The molecule has 0 fully saturated rings. The van der Waals surface area contributed by atoms with Crippen molar-refractivity contribution in [2.24, 2.45) is 4.99 Å². The van der Waals surface area contributed by atoms with Gasteiger partial charge in [0, 0.05) is 12.4 Å². The topological polar surface area (TPSA) is 76.7 Å². The van der Waals surface area contributed by atoms with Crippen LogP contribution >= 0.6 is 0 Å². The van der Waals surface area contributed by atoms with Crippen LogP contribution in [0.4, 0.5) is 0 Å². The van der Waals surface area contributed by atoms with E-state index in [9.17, 15) is 4.79 Å². The number of hydrogen-bond donors (Lipinski definition) is 1. The fourth-order valence-electron chi connectivity index (χ4n) is 1.55. The van der Waals surface area contributed by atoms with Gasteiger partial charge in [-0.3, -0.25) is 15.1 Å². The number of furan rings is 1. The Morgan fingerprint density at radius 1 is 1.43 bits per heavy atom. The van der Waals surface area contributed by atoms with Crippen LogP contribution < -0.4 is 5.32 Å². The number of amides is 1. The lowest BCUT2D eigenvalue weighted by Crippen LogP contribution is -2.34. The van der Waals surface area contributed by atoms with Crippen molar-refractivity contribution in [3.8, 4) is 0 Å². The molecule has 0 bridgehead atoms. The number of aromatic nitrogens is 1. The third kappa shape index (κ3) is 4.76. The number of nitrogens with one attached hydrogen (secondary N) is 1. The zero-order valence-electron chi connectivity index (χ0n) is 11.9. The molecule has 0 aliphatic heterocycles. The molecule has 0 unspecified atom stereocenters. The molecule has 1 amide bonds. The largest absolute Gasteiger partial charge is 0.462 e. The Kier molecular flexibility index (Phi) is 5.09. The number of ether oxygens (including phenoxy) is 1. The Balaban J connectivity index is 2.05. The molecular weight excluding hydrogens is 270 g/mol. The van der Waals surface area contributed by atoms with Gasteiger partial charge in [-0.2, -0.15) is 0 Å². The van der Waals surface area contributed by atoms with Crippen LogP contribution in [-0.4, -0.2) is 23.0 Å². The fraction of sp³-hybridized carbons (Fsp3) is 0.267. The molecule has 0 radical (unpaired) electrons. The van der Waals surface area contributed by atoms with Crippen molar-refractivity contribution in [1.82, 2.24) is 10.3 Å². The van der Waals surface area contributed by atoms with Crippen LogP contribution in [0.2, 0.25) is 0 Å². The van der Waals surface area contributed by atoms with Crippen LogP contribution in [0.3, 0.4) is 0 Å². The second kappa shape index (κ2) is 7.23. The normalized spacial score (nSPS) is 11.5. The van der Waals surface area contributed by atoms with Gasteiger partial charge in [0.15, 0.2) is 5.76 Å². The SMILES string of the molecule is CC(C)OC(=NCc1cccnc1)NC(=O)c1ccco1. The Morgan fingerprint density at radius 2 is 2.29 bits per heavy atom. The molecule has 2 aromatic heterocycles. The molecule has 21 heavy (non-hydrogen) atoms. The smallest absolute Gasteiger partial charge is 0.294 e. The Labute approximate surface area is 122 Å². The predicted octanol–water partition coefficient (Wildman–Crippen LogP) is 2.39. The minimum atomic E-state index is -0.398. The first-order valence-corrected chi connectivity index (χ1v) is 6.60. The average Bonchev–Trinajstić information content (AvgIpc) is 2.99. The highest BCUT2D eigenvalue weighted by atomic mass is 16.5. The Bertz CT molecular complexity index is 592. The number of aliphatic imine (C=N–C) groups is 1. The van der Waals surface area contributed by atoms with E-state index in [1.54, 1.807) is 24.5 Å². The molecule has 110 valence electrons. The Morgan fingerprint density at radius 3 is 2.90 bits per heavy atom. The van der Waals surface area contributed by atoms with Gasteiger partial charge in [0.2, 0.25) is 0 Å². The first-order chi connectivity index (χ1) is 10.1. The third-order valence-corrected chi connectivity index (χ3v) is 2.44. The minimum Gasteiger partial charge on any atom is -0.462 e. The lowest BCUT2D eigenvalue weighted by Gasteiger charge is -2.12. The van der Waals surface area contributed by atoms with Gasteiger partial charge >= 0.3 is 0 Å². The highest BCUT2D eigenvalue weighted by Crippen LogP contribution is 2.02. The number of carbonyl (C=O) groups is 1. The first kappa shape index (κ1) is 14.8. The van der Waals surface area contributed by atoms with Gasteiger partial charge in [-0.15, -0.1) is 0 Å². The molecule has 6 heteroatoms. The number of carbonyl (C=O) groups excluding carboxylic acids is 1. The summed E-state index contributed by atoms with van der Waals surface area (Å²) in [5.74, 6) is -0.193. The fourth-order valence-corrected chi connectivity index (χ4v) is 1.55. The molecule has 0 atom stereocenters. The molecule has 0 aliphatic rings. The maximum absolute atomic E-state index is 11.9. The summed E-state index contributed by atoms with van der Waals surface area (Å²) < 4.78 is 10.5. The molecular formula is C15H17N3O3. The van der Waals surface area contributed by atoms with Crippen LogP contribution in [0.5, 0.6) is 0 Å². The van der Waals surface area contributed by atoms with Crippen molar-refractivity contribution < 1.29 is 13.9 Å². The maximum Gasteiger partial charge on any atom is 0.294 e. The van der Waals surface area contributed by atoms with Gasteiger partial charge in [0.25, 0.3) is 11.9 Å². The van der Waals surface area contributed by atoms with Crippen molar-refractivity contribution in [2.45, 2.75) is 26.5 Å². The number of amidine groups is 1. The van der Waals surface area contributed by atoms with E-state index >= 15 is 0 Å². The van der Waals surface area contributed by atoms with Gasteiger partial charge in [-0.25, -0.2) is 4.99 Å². The molecule has 2 rings (SSSR count). The van der Waals surface area contributed by atoms with Gasteiger partial charge in [0.05, 0.1) is 18.9 Å². The van der Waals surface area contributed by atoms with Crippen LogP contribution in [-0.2, 0) is 11.3 Å². The first-order valence-electron chi connectivity index (χ1n) is 6.60. The lowest BCUT2D eigenvalue weighted by molar-refractivity contribution is 0.0932. The average molecular weight is 287 g/mol. The van der Waals surface area contributed by atoms with Crippen LogP contribution in [0.25, 0.3) is 0 Å². The molecule has 0 spiro atoms. The minimum absolute atomic E-state index is 0.102. The summed E-state index contributed by atoms with van der Waals surface area (Å²) in [6, 6.07) is 7.11. The molecule has 1 N–H and O–H groups in total. The molecule has 0 saturated heterocycles.